The number of nitrogens with zero attached hydrogens (tertiary/aromatic N) is 2. The van der Waals surface area contributed by atoms with E-state index >= 15 is 0 Å². The van der Waals surface area contributed by atoms with Crippen molar-refractivity contribution in [2.24, 2.45) is 5.92 Å². The van der Waals surface area contributed by atoms with Gasteiger partial charge in [-0.15, -0.1) is 0 Å². The zero-order chi connectivity index (χ0) is 15.7. The molecular formula is C15H16ClF2N3O. The first-order valence-electron chi connectivity index (χ1n) is 7.17. The lowest BCUT2D eigenvalue weighted by Crippen LogP contribution is -2.36. The molecular weight excluding hydrogens is 312 g/mol. The van der Waals surface area contributed by atoms with Crippen LogP contribution in [0.3, 0.4) is 0 Å². The highest BCUT2D eigenvalue weighted by atomic mass is 35.5. The van der Waals surface area contributed by atoms with Gasteiger partial charge in [0.25, 0.3) is 5.89 Å². The van der Waals surface area contributed by atoms with Crippen molar-refractivity contribution in [3.05, 3.63) is 34.7 Å². The van der Waals surface area contributed by atoms with Crippen molar-refractivity contribution in [1.29, 1.82) is 0 Å². The largest absolute Gasteiger partial charge is 0.332 e. The summed E-state index contributed by atoms with van der Waals surface area (Å²) < 4.78 is 33.9. The summed E-state index contributed by atoms with van der Waals surface area (Å²) in [6, 6.07) is 5.16. The second kappa shape index (κ2) is 5.93. The molecule has 22 heavy (non-hydrogen) atoms. The zero-order valence-electron chi connectivity index (χ0n) is 12.1. The van der Waals surface area contributed by atoms with Gasteiger partial charge in [-0.25, -0.2) is 0 Å². The smallest absolute Gasteiger partial charge is 0.327 e. The minimum absolute atomic E-state index is 0.142. The lowest BCUT2D eigenvalue weighted by Gasteiger charge is -2.27. The van der Waals surface area contributed by atoms with Gasteiger partial charge in [0.1, 0.15) is 0 Å². The van der Waals surface area contributed by atoms with Crippen LogP contribution in [0.5, 0.6) is 0 Å². The molecule has 7 heteroatoms. The van der Waals surface area contributed by atoms with E-state index in [9.17, 15) is 8.78 Å². The number of hydrogen-bond acceptors (Lipinski definition) is 4. The molecule has 0 unspecified atom stereocenters. The number of halogens is 3. The molecule has 1 aromatic carbocycles. The molecule has 2 aromatic rings. The second-order valence-corrected chi connectivity index (χ2v) is 5.97. The van der Waals surface area contributed by atoms with E-state index in [1.807, 2.05) is 6.92 Å². The first-order valence-corrected chi connectivity index (χ1v) is 7.55. The van der Waals surface area contributed by atoms with Crippen LogP contribution in [0, 0.1) is 12.8 Å². The summed E-state index contributed by atoms with van der Waals surface area (Å²) in [7, 11) is 0. The van der Waals surface area contributed by atoms with Crippen molar-refractivity contribution in [1.82, 2.24) is 15.5 Å². The highest BCUT2D eigenvalue weighted by Gasteiger charge is 2.46. The molecule has 0 radical (unpaired) electrons. The van der Waals surface area contributed by atoms with Crippen LogP contribution in [0.15, 0.2) is 22.7 Å². The molecule has 1 saturated heterocycles. The Hall–Kier alpha value is -1.53. The monoisotopic (exact) mass is 327 g/mol. The van der Waals surface area contributed by atoms with Gasteiger partial charge >= 0.3 is 5.92 Å². The molecule has 4 nitrogen and oxygen atoms in total. The predicted octanol–water partition coefficient (Wildman–Crippen LogP) is 3.79. The Morgan fingerprint density at radius 1 is 1.32 bits per heavy atom. The third-order valence-corrected chi connectivity index (χ3v) is 4.24. The van der Waals surface area contributed by atoms with Crippen LogP contribution in [-0.4, -0.2) is 23.2 Å². The van der Waals surface area contributed by atoms with Crippen LogP contribution in [-0.2, 0) is 5.92 Å². The third kappa shape index (κ3) is 2.85. The minimum Gasteiger partial charge on any atom is -0.332 e. The summed E-state index contributed by atoms with van der Waals surface area (Å²) >= 11 is 5.94. The molecule has 1 aliphatic rings. The average Bonchev–Trinajstić information content (AvgIpc) is 3.01. The number of piperidine rings is 1. The van der Waals surface area contributed by atoms with Gasteiger partial charge in [0.2, 0.25) is 5.82 Å². The van der Waals surface area contributed by atoms with Crippen molar-refractivity contribution in [2.75, 3.05) is 13.1 Å². The Labute approximate surface area is 131 Å². The van der Waals surface area contributed by atoms with E-state index in [2.05, 4.69) is 15.5 Å². The van der Waals surface area contributed by atoms with E-state index in [-0.39, 0.29) is 5.82 Å². The van der Waals surface area contributed by atoms with Crippen LogP contribution >= 0.6 is 11.6 Å². The first kappa shape index (κ1) is 15.4. The molecule has 1 aromatic heterocycles. The molecule has 1 fully saturated rings. The topological polar surface area (TPSA) is 51.0 Å². The standard InChI is InChI=1S/C15H16ClF2N3O/c1-9-2-3-11(16)8-12(9)13-20-14(22-21-13)15(17,18)10-4-6-19-7-5-10/h2-3,8,10,19H,4-7H2,1H3. The number of rotatable bonds is 3. The maximum absolute atomic E-state index is 14.5. The van der Waals surface area contributed by atoms with Crippen molar-refractivity contribution in [3.63, 3.8) is 0 Å². The van der Waals surface area contributed by atoms with E-state index < -0.39 is 17.7 Å². The van der Waals surface area contributed by atoms with E-state index in [0.717, 1.165) is 5.56 Å². The maximum atomic E-state index is 14.5. The number of hydrogen-bond donors (Lipinski definition) is 1. The Balaban J connectivity index is 1.91. The van der Waals surface area contributed by atoms with Gasteiger partial charge in [-0.3, -0.25) is 0 Å². The lowest BCUT2D eigenvalue weighted by molar-refractivity contribution is -0.0993. The average molecular weight is 328 g/mol. The highest BCUT2D eigenvalue weighted by Crippen LogP contribution is 2.40. The van der Waals surface area contributed by atoms with E-state index in [0.29, 0.717) is 36.5 Å². The van der Waals surface area contributed by atoms with Gasteiger partial charge in [-0.1, -0.05) is 22.8 Å². The summed E-state index contributed by atoms with van der Waals surface area (Å²) in [5.41, 5.74) is 1.45. The van der Waals surface area contributed by atoms with Crippen molar-refractivity contribution in [2.45, 2.75) is 25.7 Å². The third-order valence-electron chi connectivity index (χ3n) is 4.00. The molecule has 0 atom stereocenters. The molecule has 0 bridgehead atoms. The van der Waals surface area contributed by atoms with Crippen LogP contribution in [0.1, 0.15) is 24.3 Å². The molecule has 0 amide bonds. The van der Waals surface area contributed by atoms with Crippen molar-refractivity contribution >= 4 is 11.6 Å². The Bertz CT molecular complexity index is 669. The number of aryl methyl sites for hydroxylation is 1. The van der Waals surface area contributed by atoms with Gasteiger partial charge in [0, 0.05) is 16.5 Å². The maximum Gasteiger partial charge on any atom is 0.327 e. The van der Waals surface area contributed by atoms with Gasteiger partial charge in [-0.05, 0) is 50.6 Å². The highest BCUT2D eigenvalue weighted by molar-refractivity contribution is 6.30. The summed E-state index contributed by atoms with van der Waals surface area (Å²) in [5, 5.41) is 7.27. The molecule has 0 saturated carbocycles. The van der Waals surface area contributed by atoms with Crippen LogP contribution in [0.2, 0.25) is 5.02 Å². The van der Waals surface area contributed by atoms with E-state index in [4.69, 9.17) is 16.1 Å². The van der Waals surface area contributed by atoms with E-state index in [1.165, 1.54) is 0 Å². The lowest BCUT2D eigenvalue weighted by atomic mass is 9.91. The summed E-state index contributed by atoms with van der Waals surface area (Å²) in [6.07, 6.45) is 0.780. The van der Waals surface area contributed by atoms with Crippen LogP contribution in [0.25, 0.3) is 11.4 Å². The fourth-order valence-corrected chi connectivity index (χ4v) is 2.83. The summed E-state index contributed by atoms with van der Waals surface area (Å²) in [5.74, 6) is -4.36. The van der Waals surface area contributed by atoms with Crippen LogP contribution < -0.4 is 5.32 Å². The number of nitrogens with one attached hydrogen (secondary N) is 1. The van der Waals surface area contributed by atoms with E-state index in [1.54, 1.807) is 18.2 Å². The van der Waals surface area contributed by atoms with Crippen molar-refractivity contribution in [3.8, 4) is 11.4 Å². The van der Waals surface area contributed by atoms with Gasteiger partial charge < -0.3 is 9.84 Å². The Kier molecular flexibility index (Phi) is 4.14. The summed E-state index contributed by atoms with van der Waals surface area (Å²) in [4.78, 5) is 3.92. The predicted molar refractivity (Wildman–Crippen MR) is 79.0 cm³/mol. The first-order chi connectivity index (χ1) is 10.5. The Morgan fingerprint density at radius 2 is 2.05 bits per heavy atom. The van der Waals surface area contributed by atoms with Gasteiger partial charge in [0.05, 0.1) is 0 Å². The normalized spacial score (nSPS) is 16.9. The van der Waals surface area contributed by atoms with Gasteiger partial charge in [-0.2, -0.15) is 13.8 Å². The minimum atomic E-state index is -3.11. The molecule has 1 N–H and O–H groups in total. The number of aromatic nitrogens is 2. The van der Waals surface area contributed by atoms with Crippen molar-refractivity contribution < 1.29 is 13.3 Å². The molecule has 118 valence electrons. The SMILES string of the molecule is Cc1ccc(Cl)cc1-c1noc(C(F)(F)C2CCNCC2)n1. The zero-order valence-corrected chi connectivity index (χ0v) is 12.8. The molecule has 2 heterocycles. The number of alkyl halides is 2. The van der Waals surface area contributed by atoms with Gasteiger partial charge in [0.15, 0.2) is 0 Å². The molecule has 0 spiro atoms. The fraction of sp³-hybridized carbons (Fsp3) is 0.467. The fourth-order valence-electron chi connectivity index (χ4n) is 2.66. The molecule has 0 aliphatic carbocycles. The number of benzene rings is 1. The quantitative estimate of drug-likeness (QED) is 0.932. The molecule has 1 aliphatic heterocycles. The van der Waals surface area contributed by atoms with Crippen LogP contribution in [0.4, 0.5) is 8.78 Å². The second-order valence-electron chi connectivity index (χ2n) is 5.53. The molecule has 3 rings (SSSR count). The summed E-state index contributed by atoms with van der Waals surface area (Å²) in [6.45, 7) is 3.00. The Morgan fingerprint density at radius 3 is 2.77 bits per heavy atom.